The van der Waals surface area contributed by atoms with E-state index in [4.69, 9.17) is 4.74 Å². The Labute approximate surface area is 134 Å². The van der Waals surface area contributed by atoms with Crippen LogP contribution in [0.25, 0.3) is 0 Å². The smallest absolute Gasteiger partial charge is 0.181 e. The van der Waals surface area contributed by atoms with Gasteiger partial charge in [0.15, 0.2) is 17.3 Å². The van der Waals surface area contributed by atoms with E-state index in [2.05, 4.69) is 4.90 Å². The number of phenolic OH excluding ortho intramolecular Hbond substituents is 1. The minimum Gasteiger partial charge on any atom is -0.504 e. The van der Waals surface area contributed by atoms with Crippen molar-refractivity contribution in [3.63, 3.8) is 0 Å². The number of piperidine rings is 1. The number of carbonyl (C=O) groups is 1. The van der Waals surface area contributed by atoms with E-state index >= 15 is 0 Å². The van der Waals surface area contributed by atoms with Crippen LogP contribution in [-0.2, 0) is 5.41 Å². The van der Waals surface area contributed by atoms with Crippen LogP contribution >= 0.6 is 0 Å². The number of aliphatic hydroxyl groups excluding tert-OH is 1. The molecule has 1 spiro atoms. The number of hydrogen-bond donors (Lipinski definition) is 2. The number of ether oxygens (including phenoxy) is 1. The van der Waals surface area contributed by atoms with Crippen LogP contribution in [0.1, 0.15) is 27.9 Å². The molecule has 4 aliphatic rings. The molecule has 0 unspecified atom stereocenters. The molecular weight excluding hydrogens is 294 g/mol. The second-order valence-corrected chi connectivity index (χ2v) is 7.31. The van der Waals surface area contributed by atoms with Crippen LogP contribution in [0.2, 0.25) is 0 Å². The van der Waals surface area contributed by atoms with Gasteiger partial charge >= 0.3 is 0 Å². The Hall–Kier alpha value is -1.85. The molecule has 2 bridgehead atoms. The predicted molar refractivity (Wildman–Crippen MR) is 82.9 cm³/mol. The molecule has 23 heavy (non-hydrogen) atoms. The van der Waals surface area contributed by atoms with Crippen molar-refractivity contribution in [1.29, 1.82) is 0 Å². The van der Waals surface area contributed by atoms with E-state index in [0.29, 0.717) is 11.3 Å². The van der Waals surface area contributed by atoms with Gasteiger partial charge in [0.05, 0.1) is 6.04 Å². The number of aryl methyl sites for hydroxylation is 1. The van der Waals surface area contributed by atoms with Crippen molar-refractivity contribution < 1.29 is 19.7 Å². The summed E-state index contributed by atoms with van der Waals surface area (Å²) in [7, 11) is 1.99. The molecule has 0 aromatic heterocycles. The largest absolute Gasteiger partial charge is 0.504 e. The second-order valence-electron chi connectivity index (χ2n) is 7.31. The highest BCUT2D eigenvalue weighted by Crippen LogP contribution is 2.62. The van der Waals surface area contributed by atoms with Crippen LogP contribution in [0.3, 0.4) is 0 Å². The van der Waals surface area contributed by atoms with E-state index in [-0.39, 0.29) is 23.5 Å². The lowest BCUT2D eigenvalue weighted by molar-refractivity contribution is -0.0386. The lowest BCUT2D eigenvalue weighted by Gasteiger charge is -2.55. The third-order valence-electron chi connectivity index (χ3n) is 6.30. The summed E-state index contributed by atoms with van der Waals surface area (Å²) in [6.45, 7) is 2.64. The van der Waals surface area contributed by atoms with Crippen molar-refractivity contribution in [3.8, 4) is 11.5 Å². The van der Waals surface area contributed by atoms with Crippen molar-refractivity contribution in [2.24, 2.45) is 5.92 Å². The third-order valence-corrected chi connectivity index (χ3v) is 6.30. The van der Waals surface area contributed by atoms with E-state index in [1.807, 2.05) is 20.0 Å². The Morgan fingerprint density at radius 2 is 2.17 bits per heavy atom. The van der Waals surface area contributed by atoms with Crippen LogP contribution in [-0.4, -0.2) is 52.7 Å². The van der Waals surface area contributed by atoms with E-state index in [9.17, 15) is 15.0 Å². The summed E-state index contributed by atoms with van der Waals surface area (Å²) in [6.07, 6.45) is 3.40. The Morgan fingerprint density at radius 3 is 2.96 bits per heavy atom. The number of aliphatic hydroxyl groups is 1. The normalized spacial score (nSPS) is 40.0. The van der Waals surface area contributed by atoms with Gasteiger partial charge in [-0.3, -0.25) is 9.69 Å². The zero-order chi connectivity index (χ0) is 16.1. The molecule has 1 saturated heterocycles. The van der Waals surface area contributed by atoms with Crippen molar-refractivity contribution in [2.45, 2.75) is 37.0 Å². The predicted octanol–water partition coefficient (Wildman–Crippen LogP) is 1.15. The summed E-state index contributed by atoms with van der Waals surface area (Å²) in [4.78, 5) is 15.3. The number of benzene rings is 1. The molecule has 5 nitrogen and oxygen atoms in total. The summed E-state index contributed by atoms with van der Waals surface area (Å²) < 4.78 is 6.04. The summed E-state index contributed by atoms with van der Waals surface area (Å²) in [6, 6.07) is 1.39. The average Bonchev–Trinajstić information content (AvgIpc) is 2.84. The van der Waals surface area contributed by atoms with Gasteiger partial charge in [-0.25, -0.2) is 0 Å². The van der Waals surface area contributed by atoms with Gasteiger partial charge in [-0.05, 0) is 38.6 Å². The quantitative estimate of drug-likeness (QED) is 0.703. The molecular formula is C18H19NO4. The van der Waals surface area contributed by atoms with Crippen LogP contribution in [0.5, 0.6) is 11.5 Å². The fraction of sp³-hybridized carbons (Fsp3) is 0.500. The molecule has 0 saturated carbocycles. The molecule has 0 radical (unpaired) electrons. The van der Waals surface area contributed by atoms with E-state index in [1.165, 1.54) is 0 Å². The number of nitrogens with zero attached hydrogens (tertiary/aromatic N) is 1. The lowest BCUT2D eigenvalue weighted by atomic mass is 9.52. The molecule has 0 amide bonds. The van der Waals surface area contributed by atoms with Crippen molar-refractivity contribution in [3.05, 3.63) is 34.9 Å². The molecule has 2 aliphatic heterocycles. The SMILES string of the molecule is Cc1cc(O)c2c3c1C(=O)[C@@H]1[C@@H]4C=C[C@H](O)[C@H](O2)[C@]34CCN1C. The van der Waals surface area contributed by atoms with Crippen molar-refractivity contribution >= 4 is 5.78 Å². The first-order valence-electron chi connectivity index (χ1n) is 8.11. The maximum Gasteiger partial charge on any atom is 0.181 e. The minimum absolute atomic E-state index is 0.0166. The molecule has 5 atom stereocenters. The summed E-state index contributed by atoms with van der Waals surface area (Å²) >= 11 is 0. The second kappa shape index (κ2) is 3.97. The van der Waals surface area contributed by atoms with Crippen LogP contribution in [0.15, 0.2) is 18.2 Å². The molecule has 2 N–H and O–H groups in total. The summed E-state index contributed by atoms with van der Waals surface area (Å²) in [5.74, 6) is 0.560. The maximum absolute atomic E-state index is 13.2. The zero-order valence-corrected chi connectivity index (χ0v) is 13.1. The summed E-state index contributed by atoms with van der Waals surface area (Å²) in [5.41, 5.74) is 1.91. The number of aromatic hydroxyl groups is 1. The van der Waals surface area contributed by atoms with Gasteiger partial charge in [0.1, 0.15) is 12.2 Å². The van der Waals surface area contributed by atoms with Gasteiger partial charge in [0, 0.05) is 22.5 Å². The number of likely N-dealkylation sites (tertiary alicyclic amines) is 1. The first-order valence-corrected chi connectivity index (χ1v) is 8.11. The Morgan fingerprint density at radius 1 is 1.39 bits per heavy atom. The van der Waals surface area contributed by atoms with Gasteiger partial charge in [-0.15, -0.1) is 0 Å². The molecule has 120 valence electrons. The monoisotopic (exact) mass is 313 g/mol. The van der Waals surface area contributed by atoms with E-state index in [1.54, 1.807) is 12.1 Å². The van der Waals surface area contributed by atoms with Crippen LogP contribution in [0.4, 0.5) is 0 Å². The van der Waals surface area contributed by atoms with Gasteiger partial charge in [-0.2, -0.15) is 0 Å². The standard InChI is InChI=1S/C18H19NO4/c1-8-7-11(21)16-13-12(8)15(22)14-9-3-4-10(20)17(23-16)18(9,13)5-6-19(14)2/h3-4,7,9-10,14,17,20-21H,5-6H2,1-2H3/t9-,10-,14-,17-,18-/m0/s1. The Kier molecular flexibility index (Phi) is 2.34. The van der Waals surface area contributed by atoms with E-state index < -0.39 is 17.6 Å². The van der Waals surface area contributed by atoms with E-state index in [0.717, 1.165) is 24.1 Å². The fourth-order valence-corrected chi connectivity index (χ4v) is 5.38. The highest BCUT2D eigenvalue weighted by molar-refractivity contribution is 6.06. The molecule has 2 heterocycles. The zero-order valence-electron chi connectivity index (χ0n) is 13.1. The Bertz CT molecular complexity index is 786. The topological polar surface area (TPSA) is 70.0 Å². The summed E-state index contributed by atoms with van der Waals surface area (Å²) in [5, 5.41) is 20.9. The lowest BCUT2D eigenvalue weighted by Crippen LogP contribution is -2.66. The number of carbonyl (C=O) groups excluding carboxylic acids is 1. The van der Waals surface area contributed by atoms with Gasteiger partial charge < -0.3 is 14.9 Å². The highest BCUT2D eigenvalue weighted by Gasteiger charge is 2.66. The Balaban J connectivity index is 1.92. The number of likely N-dealkylation sites (N-methyl/N-ethyl adjacent to an activating group) is 1. The first kappa shape index (κ1) is 13.6. The number of phenols is 1. The maximum atomic E-state index is 13.2. The first-order chi connectivity index (χ1) is 11.0. The minimum atomic E-state index is -0.719. The average molecular weight is 313 g/mol. The van der Waals surface area contributed by atoms with Gasteiger partial charge in [-0.1, -0.05) is 12.2 Å². The van der Waals surface area contributed by atoms with Gasteiger partial charge in [0.2, 0.25) is 0 Å². The number of ketones is 1. The van der Waals surface area contributed by atoms with Gasteiger partial charge in [0.25, 0.3) is 0 Å². The number of hydrogen-bond acceptors (Lipinski definition) is 5. The van der Waals surface area contributed by atoms with Crippen molar-refractivity contribution in [2.75, 3.05) is 13.6 Å². The number of Topliss-reactive ketones (excluding diaryl/α,β-unsaturated/α-hetero) is 1. The number of rotatable bonds is 0. The van der Waals surface area contributed by atoms with Crippen LogP contribution < -0.4 is 4.74 Å². The molecule has 1 fully saturated rings. The highest BCUT2D eigenvalue weighted by atomic mass is 16.5. The van der Waals surface area contributed by atoms with Crippen molar-refractivity contribution in [1.82, 2.24) is 4.90 Å². The third kappa shape index (κ3) is 1.31. The molecule has 5 rings (SSSR count). The molecule has 5 heteroatoms. The molecule has 1 aromatic carbocycles. The van der Waals surface area contributed by atoms with Crippen LogP contribution in [0, 0.1) is 12.8 Å². The molecule has 1 aromatic rings. The molecule has 2 aliphatic carbocycles. The fourth-order valence-electron chi connectivity index (χ4n) is 5.38.